The molecule has 0 aliphatic heterocycles. The second kappa shape index (κ2) is 7.21. The van der Waals surface area contributed by atoms with Crippen LogP contribution >= 0.6 is 0 Å². The summed E-state index contributed by atoms with van der Waals surface area (Å²) >= 11 is 0. The van der Waals surface area contributed by atoms with Gasteiger partial charge in [-0.2, -0.15) is 0 Å². The van der Waals surface area contributed by atoms with E-state index in [1.54, 1.807) is 6.08 Å². The molecule has 0 aromatic heterocycles. The first-order valence-electron chi connectivity index (χ1n) is 11.7. The minimum absolute atomic E-state index is 0.109. The third kappa shape index (κ3) is 3.04. The lowest BCUT2D eigenvalue weighted by Crippen LogP contribution is -2.62. The Balaban J connectivity index is 1.59. The molecular formula is C25H38O4. The second-order valence-corrected chi connectivity index (χ2v) is 11.0. The van der Waals surface area contributed by atoms with Crippen LogP contribution in [0.2, 0.25) is 0 Å². The highest BCUT2D eigenvalue weighted by Gasteiger charge is 2.67. The fraction of sp³-hybridized carbons (Fsp3) is 0.840. The van der Waals surface area contributed by atoms with E-state index in [2.05, 4.69) is 20.8 Å². The standard InChI is InChI=1S/C25H38O4/c1-16(5-8-22(27)29-4)19-11-14-25(28)21-7-6-17-15-18(26)9-12-23(17,2)20(21)10-13-24(19,25)3/h5,8,16-17,19-21,28H,6-7,9-15H2,1-4H3/b8-5-/t16?,17-,19-,20+,21-,23+,24-,25+/m1/s1. The predicted octanol–water partition coefficient (Wildman–Crippen LogP) is 4.69. The van der Waals surface area contributed by atoms with Gasteiger partial charge in [0.05, 0.1) is 12.7 Å². The molecule has 4 nitrogen and oxygen atoms in total. The van der Waals surface area contributed by atoms with E-state index in [1.807, 2.05) is 6.08 Å². The Morgan fingerprint density at radius 2 is 1.90 bits per heavy atom. The molecule has 1 unspecified atom stereocenters. The third-order valence-electron chi connectivity index (χ3n) is 10.1. The van der Waals surface area contributed by atoms with Crippen molar-refractivity contribution < 1.29 is 19.4 Å². The van der Waals surface area contributed by atoms with Crippen LogP contribution in [0.5, 0.6) is 0 Å². The number of allylic oxidation sites excluding steroid dienone is 1. The molecule has 4 rings (SSSR count). The Hall–Kier alpha value is -1.16. The fourth-order valence-corrected chi connectivity index (χ4v) is 8.33. The first kappa shape index (κ1) is 21.1. The highest BCUT2D eigenvalue weighted by Crippen LogP contribution is 2.69. The van der Waals surface area contributed by atoms with Gasteiger partial charge >= 0.3 is 5.97 Å². The molecule has 1 N–H and O–H groups in total. The Morgan fingerprint density at radius 3 is 2.62 bits per heavy atom. The zero-order valence-corrected chi connectivity index (χ0v) is 18.6. The molecule has 4 heteroatoms. The molecule has 0 radical (unpaired) electrons. The third-order valence-corrected chi connectivity index (χ3v) is 10.1. The van der Waals surface area contributed by atoms with Gasteiger partial charge in [-0.05, 0) is 85.4 Å². The van der Waals surface area contributed by atoms with Crippen LogP contribution in [0.15, 0.2) is 12.2 Å². The minimum atomic E-state index is -0.622. The number of ketones is 1. The molecule has 8 atom stereocenters. The summed E-state index contributed by atoms with van der Waals surface area (Å²) in [4.78, 5) is 23.6. The Morgan fingerprint density at radius 1 is 1.14 bits per heavy atom. The van der Waals surface area contributed by atoms with Crippen molar-refractivity contribution in [1.82, 2.24) is 0 Å². The normalized spacial score (nSPS) is 48.0. The summed E-state index contributed by atoms with van der Waals surface area (Å²) in [5.74, 6) is 2.15. The Kier molecular flexibility index (Phi) is 5.25. The van der Waals surface area contributed by atoms with E-state index in [0.717, 1.165) is 57.8 Å². The van der Waals surface area contributed by atoms with Gasteiger partial charge in [0, 0.05) is 18.9 Å². The van der Waals surface area contributed by atoms with Crippen molar-refractivity contribution in [2.24, 2.45) is 40.4 Å². The van der Waals surface area contributed by atoms with Crippen LogP contribution in [0.3, 0.4) is 0 Å². The lowest BCUT2D eigenvalue weighted by atomic mass is 9.43. The Labute approximate surface area is 175 Å². The highest BCUT2D eigenvalue weighted by atomic mass is 16.5. The monoisotopic (exact) mass is 402 g/mol. The van der Waals surface area contributed by atoms with E-state index in [-0.39, 0.29) is 22.7 Å². The lowest BCUT2D eigenvalue weighted by molar-refractivity contribution is -0.207. The molecule has 4 aliphatic rings. The van der Waals surface area contributed by atoms with E-state index in [4.69, 9.17) is 4.74 Å². The molecule has 29 heavy (non-hydrogen) atoms. The molecular weight excluding hydrogens is 364 g/mol. The van der Waals surface area contributed by atoms with Gasteiger partial charge in [-0.3, -0.25) is 4.79 Å². The molecule has 4 aliphatic carbocycles. The lowest BCUT2D eigenvalue weighted by Gasteiger charge is -2.63. The van der Waals surface area contributed by atoms with Crippen LogP contribution in [0, 0.1) is 40.4 Å². The molecule has 0 spiro atoms. The van der Waals surface area contributed by atoms with Gasteiger partial charge in [0.1, 0.15) is 5.78 Å². The molecule has 4 saturated carbocycles. The predicted molar refractivity (Wildman–Crippen MR) is 112 cm³/mol. The quantitative estimate of drug-likeness (QED) is 0.549. The average molecular weight is 403 g/mol. The van der Waals surface area contributed by atoms with Gasteiger partial charge in [0.2, 0.25) is 0 Å². The second-order valence-electron chi connectivity index (χ2n) is 11.0. The van der Waals surface area contributed by atoms with Crippen molar-refractivity contribution in [3.05, 3.63) is 12.2 Å². The highest BCUT2D eigenvalue weighted by molar-refractivity contribution is 5.81. The first-order chi connectivity index (χ1) is 13.7. The average Bonchev–Trinajstić information content (AvgIpc) is 2.98. The summed E-state index contributed by atoms with van der Waals surface area (Å²) in [6, 6.07) is 0. The maximum Gasteiger partial charge on any atom is 0.330 e. The van der Waals surface area contributed by atoms with Crippen molar-refractivity contribution >= 4 is 11.8 Å². The van der Waals surface area contributed by atoms with E-state index < -0.39 is 5.60 Å². The number of carbonyl (C=O) groups is 2. The van der Waals surface area contributed by atoms with Crippen molar-refractivity contribution in [3.63, 3.8) is 0 Å². The van der Waals surface area contributed by atoms with Gasteiger partial charge in [0.15, 0.2) is 0 Å². The fourth-order valence-electron chi connectivity index (χ4n) is 8.33. The van der Waals surface area contributed by atoms with Crippen LogP contribution in [-0.4, -0.2) is 29.6 Å². The number of carbonyl (C=O) groups excluding carboxylic acids is 2. The number of aliphatic hydroxyl groups is 1. The van der Waals surface area contributed by atoms with Gasteiger partial charge in [-0.25, -0.2) is 4.79 Å². The van der Waals surface area contributed by atoms with Gasteiger partial charge in [0.25, 0.3) is 0 Å². The van der Waals surface area contributed by atoms with Crippen molar-refractivity contribution in [3.8, 4) is 0 Å². The smallest absolute Gasteiger partial charge is 0.330 e. The SMILES string of the molecule is COC(=O)/C=C\C(C)[C@H]1CC[C@]2(O)[C@@H]3CC[C@@H]4CC(=O)CC[C@]4(C)[C@H]3CC[C@]12C. The number of methoxy groups -OCH3 is 1. The van der Waals surface area contributed by atoms with Crippen LogP contribution in [0.25, 0.3) is 0 Å². The van der Waals surface area contributed by atoms with Crippen LogP contribution in [0.1, 0.15) is 78.6 Å². The zero-order valence-electron chi connectivity index (χ0n) is 18.6. The number of ether oxygens (including phenoxy) is 1. The summed E-state index contributed by atoms with van der Waals surface area (Å²) < 4.78 is 4.76. The summed E-state index contributed by atoms with van der Waals surface area (Å²) in [7, 11) is 1.41. The summed E-state index contributed by atoms with van der Waals surface area (Å²) in [6.07, 6.45) is 12.2. The number of fused-ring (bicyclic) bond motifs is 5. The van der Waals surface area contributed by atoms with E-state index >= 15 is 0 Å². The minimum Gasteiger partial charge on any atom is -0.466 e. The molecule has 0 bridgehead atoms. The summed E-state index contributed by atoms with van der Waals surface area (Å²) in [6.45, 7) is 6.90. The van der Waals surface area contributed by atoms with Crippen LogP contribution in [-0.2, 0) is 14.3 Å². The van der Waals surface area contributed by atoms with Gasteiger partial charge in [-0.1, -0.05) is 26.8 Å². The first-order valence-corrected chi connectivity index (χ1v) is 11.7. The van der Waals surface area contributed by atoms with E-state index in [9.17, 15) is 14.7 Å². The van der Waals surface area contributed by atoms with Crippen LogP contribution in [0.4, 0.5) is 0 Å². The molecule has 162 valence electrons. The van der Waals surface area contributed by atoms with Crippen molar-refractivity contribution in [1.29, 1.82) is 0 Å². The van der Waals surface area contributed by atoms with Gasteiger partial charge < -0.3 is 9.84 Å². The Bertz CT molecular complexity index is 714. The number of Topliss-reactive ketones (excluding diaryl/α,β-unsaturated/α-hetero) is 1. The van der Waals surface area contributed by atoms with Crippen LogP contribution < -0.4 is 0 Å². The molecule has 0 aromatic carbocycles. The molecule has 0 aromatic rings. The van der Waals surface area contributed by atoms with Crippen molar-refractivity contribution in [2.75, 3.05) is 7.11 Å². The topological polar surface area (TPSA) is 63.6 Å². The maximum absolute atomic E-state index is 12.2. The zero-order chi connectivity index (χ0) is 21.0. The molecule has 0 amide bonds. The summed E-state index contributed by atoms with van der Waals surface area (Å²) in [5.41, 5.74) is -0.520. The maximum atomic E-state index is 12.2. The molecule has 4 fully saturated rings. The summed E-state index contributed by atoms with van der Waals surface area (Å²) in [5, 5.41) is 12.2. The van der Waals surface area contributed by atoms with Crippen molar-refractivity contribution in [2.45, 2.75) is 84.2 Å². The number of hydrogen-bond acceptors (Lipinski definition) is 4. The largest absolute Gasteiger partial charge is 0.466 e. The number of hydrogen-bond donors (Lipinski definition) is 1. The van der Waals surface area contributed by atoms with E-state index in [1.165, 1.54) is 7.11 Å². The number of rotatable bonds is 3. The number of esters is 1. The van der Waals surface area contributed by atoms with Gasteiger partial charge in [-0.15, -0.1) is 0 Å². The molecule has 0 saturated heterocycles. The van der Waals surface area contributed by atoms with E-state index in [0.29, 0.717) is 29.5 Å². The molecule has 0 heterocycles.